The zero-order valence-electron chi connectivity index (χ0n) is 17.8. The molecule has 0 radical (unpaired) electrons. The maximum atomic E-state index is 8.80. The minimum absolute atomic E-state index is 0.404. The molecule has 6 heteroatoms. The minimum Gasteiger partial charge on any atom is -0.378 e. The van der Waals surface area contributed by atoms with Gasteiger partial charge in [0, 0.05) is 42.7 Å². The quantitative estimate of drug-likeness (QED) is 0.631. The van der Waals surface area contributed by atoms with Crippen LogP contribution in [0.4, 0.5) is 5.82 Å². The Morgan fingerprint density at radius 3 is 2.74 bits per heavy atom. The Morgan fingerprint density at radius 1 is 1.10 bits per heavy atom. The summed E-state index contributed by atoms with van der Waals surface area (Å²) in [4.78, 5) is 15.4. The predicted octanol–water partition coefficient (Wildman–Crippen LogP) is 4.30. The molecule has 2 fully saturated rings. The summed E-state index contributed by atoms with van der Waals surface area (Å²) in [6, 6.07) is 12.3. The SMILES string of the molecule is CC1CC(c2ccncc2-c2cccc(C(=N)c3cc(N4CCOCC4)ncn3)c2)C1. The van der Waals surface area contributed by atoms with Gasteiger partial charge in [-0.1, -0.05) is 25.1 Å². The summed E-state index contributed by atoms with van der Waals surface area (Å²) in [6.45, 7) is 5.33. The van der Waals surface area contributed by atoms with Crippen LogP contribution in [-0.2, 0) is 4.74 Å². The Kier molecular flexibility index (Phi) is 5.47. The number of pyridine rings is 1. The van der Waals surface area contributed by atoms with Gasteiger partial charge in [-0.25, -0.2) is 9.97 Å². The Bertz CT molecular complexity index is 1090. The number of ether oxygens (including phenoxy) is 1. The molecule has 158 valence electrons. The van der Waals surface area contributed by atoms with E-state index in [-0.39, 0.29) is 0 Å². The normalized spacial score (nSPS) is 20.9. The third kappa shape index (κ3) is 4.08. The van der Waals surface area contributed by atoms with E-state index in [1.165, 1.54) is 24.0 Å². The number of morpholine rings is 1. The van der Waals surface area contributed by atoms with Crippen molar-refractivity contribution in [3.63, 3.8) is 0 Å². The second kappa shape index (κ2) is 8.55. The van der Waals surface area contributed by atoms with Gasteiger partial charge in [0.2, 0.25) is 0 Å². The van der Waals surface area contributed by atoms with E-state index in [0.29, 0.717) is 30.5 Å². The summed E-state index contributed by atoms with van der Waals surface area (Å²) in [5.74, 6) is 2.25. The molecule has 3 aromatic rings. The van der Waals surface area contributed by atoms with Crippen LogP contribution in [-0.4, -0.2) is 47.0 Å². The van der Waals surface area contributed by atoms with E-state index in [4.69, 9.17) is 10.1 Å². The standard InChI is InChI=1S/C25H27N5O/c1-17-11-20(12-17)21-5-6-27-15-22(21)18-3-2-4-19(13-18)25(26)23-14-24(29-16-28-23)30-7-9-31-10-8-30/h2-6,13-17,20,26H,7-12H2,1H3. The van der Waals surface area contributed by atoms with Crippen LogP contribution in [0.2, 0.25) is 0 Å². The summed E-state index contributed by atoms with van der Waals surface area (Å²) in [6.07, 6.45) is 7.87. The first-order chi connectivity index (χ1) is 15.2. The number of nitrogens with zero attached hydrogens (tertiary/aromatic N) is 4. The molecule has 1 saturated carbocycles. The average molecular weight is 414 g/mol. The van der Waals surface area contributed by atoms with E-state index in [1.807, 2.05) is 30.6 Å². The van der Waals surface area contributed by atoms with Crippen molar-refractivity contribution < 1.29 is 4.74 Å². The van der Waals surface area contributed by atoms with E-state index < -0.39 is 0 Å². The smallest absolute Gasteiger partial charge is 0.132 e. The Labute approximate surface area is 182 Å². The first-order valence-electron chi connectivity index (χ1n) is 11.0. The van der Waals surface area contributed by atoms with Gasteiger partial charge >= 0.3 is 0 Å². The van der Waals surface area contributed by atoms with Gasteiger partial charge < -0.3 is 9.64 Å². The van der Waals surface area contributed by atoms with Gasteiger partial charge in [-0.3, -0.25) is 10.4 Å². The molecule has 0 spiro atoms. The topological polar surface area (TPSA) is 75.0 Å². The first-order valence-corrected chi connectivity index (χ1v) is 11.0. The molecule has 31 heavy (non-hydrogen) atoms. The fourth-order valence-corrected chi connectivity index (χ4v) is 4.60. The third-order valence-electron chi connectivity index (χ3n) is 6.37. The van der Waals surface area contributed by atoms with Crippen LogP contribution in [0, 0.1) is 11.3 Å². The number of anilines is 1. The minimum atomic E-state index is 0.404. The maximum absolute atomic E-state index is 8.80. The molecule has 5 rings (SSSR count). The first kappa shape index (κ1) is 19.8. The van der Waals surface area contributed by atoms with E-state index in [9.17, 15) is 0 Å². The average Bonchev–Trinajstić information content (AvgIpc) is 2.82. The molecule has 0 unspecified atom stereocenters. The summed E-state index contributed by atoms with van der Waals surface area (Å²) < 4.78 is 5.44. The van der Waals surface area contributed by atoms with Gasteiger partial charge in [-0.2, -0.15) is 0 Å². The maximum Gasteiger partial charge on any atom is 0.132 e. The molecule has 1 N–H and O–H groups in total. The van der Waals surface area contributed by atoms with Crippen LogP contribution in [0.1, 0.15) is 42.5 Å². The molecule has 0 bridgehead atoms. The molecule has 2 aliphatic rings. The van der Waals surface area contributed by atoms with Crippen molar-refractivity contribution in [2.75, 3.05) is 31.2 Å². The Balaban J connectivity index is 1.43. The molecule has 0 atom stereocenters. The highest BCUT2D eigenvalue weighted by Gasteiger charge is 2.28. The number of hydrogen-bond donors (Lipinski definition) is 1. The third-order valence-corrected chi connectivity index (χ3v) is 6.37. The van der Waals surface area contributed by atoms with Gasteiger partial charge in [0.05, 0.1) is 24.6 Å². The molecular weight excluding hydrogens is 386 g/mol. The van der Waals surface area contributed by atoms with E-state index in [2.05, 4.69) is 45.0 Å². The zero-order chi connectivity index (χ0) is 21.2. The molecule has 0 amide bonds. The van der Waals surface area contributed by atoms with E-state index in [0.717, 1.165) is 36.0 Å². The molecule has 3 heterocycles. The Hall–Kier alpha value is -3.12. The van der Waals surface area contributed by atoms with E-state index in [1.54, 1.807) is 6.33 Å². The predicted molar refractivity (Wildman–Crippen MR) is 122 cm³/mol. The number of benzene rings is 1. The van der Waals surface area contributed by atoms with Crippen molar-refractivity contribution in [2.45, 2.75) is 25.7 Å². The van der Waals surface area contributed by atoms with E-state index >= 15 is 0 Å². The largest absolute Gasteiger partial charge is 0.378 e. The molecule has 6 nitrogen and oxygen atoms in total. The lowest BCUT2D eigenvalue weighted by atomic mass is 9.71. The lowest BCUT2D eigenvalue weighted by Gasteiger charge is -2.34. The fraction of sp³-hybridized carbons (Fsp3) is 0.360. The van der Waals surface area contributed by atoms with Crippen molar-refractivity contribution >= 4 is 11.5 Å². The molecule has 1 aromatic carbocycles. The Morgan fingerprint density at radius 2 is 1.94 bits per heavy atom. The monoisotopic (exact) mass is 413 g/mol. The number of hydrogen-bond acceptors (Lipinski definition) is 6. The summed E-state index contributed by atoms with van der Waals surface area (Å²) in [5, 5.41) is 8.80. The van der Waals surface area contributed by atoms with Crippen LogP contribution in [0.5, 0.6) is 0 Å². The van der Waals surface area contributed by atoms with Gasteiger partial charge in [-0.15, -0.1) is 0 Å². The summed E-state index contributed by atoms with van der Waals surface area (Å²) in [5.41, 5.74) is 5.53. The highest BCUT2D eigenvalue weighted by Crippen LogP contribution is 2.44. The lowest BCUT2D eigenvalue weighted by molar-refractivity contribution is 0.122. The van der Waals surface area contributed by atoms with Crippen LogP contribution < -0.4 is 4.90 Å². The zero-order valence-corrected chi connectivity index (χ0v) is 17.8. The van der Waals surface area contributed by atoms with Gasteiger partial charge in [-0.05, 0) is 47.9 Å². The van der Waals surface area contributed by atoms with Gasteiger partial charge in [0.1, 0.15) is 12.1 Å². The van der Waals surface area contributed by atoms with Crippen LogP contribution in [0.15, 0.2) is 55.1 Å². The van der Waals surface area contributed by atoms with Crippen molar-refractivity contribution in [3.8, 4) is 11.1 Å². The van der Waals surface area contributed by atoms with Crippen LogP contribution in [0.25, 0.3) is 11.1 Å². The van der Waals surface area contributed by atoms with Crippen LogP contribution in [0.3, 0.4) is 0 Å². The summed E-state index contributed by atoms with van der Waals surface area (Å²) >= 11 is 0. The molecule has 1 aliphatic heterocycles. The fourth-order valence-electron chi connectivity index (χ4n) is 4.60. The lowest BCUT2D eigenvalue weighted by Crippen LogP contribution is -2.36. The van der Waals surface area contributed by atoms with Crippen molar-refractivity contribution in [3.05, 3.63) is 71.9 Å². The van der Waals surface area contributed by atoms with Crippen molar-refractivity contribution in [1.29, 1.82) is 5.41 Å². The van der Waals surface area contributed by atoms with Gasteiger partial charge in [0.15, 0.2) is 0 Å². The molecule has 2 aromatic heterocycles. The summed E-state index contributed by atoms with van der Waals surface area (Å²) in [7, 11) is 0. The second-order valence-electron chi connectivity index (χ2n) is 8.55. The number of aromatic nitrogens is 3. The van der Waals surface area contributed by atoms with Crippen LogP contribution >= 0.6 is 0 Å². The second-order valence-corrected chi connectivity index (χ2v) is 8.55. The molecular formula is C25H27N5O. The number of nitrogens with one attached hydrogen (secondary N) is 1. The van der Waals surface area contributed by atoms with Crippen molar-refractivity contribution in [2.24, 2.45) is 5.92 Å². The highest BCUT2D eigenvalue weighted by atomic mass is 16.5. The van der Waals surface area contributed by atoms with Crippen molar-refractivity contribution in [1.82, 2.24) is 15.0 Å². The van der Waals surface area contributed by atoms with Gasteiger partial charge in [0.25, 0.3) is 0 Å². The number of rotatable bonds is 5. The molecule has 1 saturated heterocycles. The highest BCUT2D eigenvalue weighted by molar-refractivity contribution is 6.10. The molecule has 1 aliphatic carbocycles.